The largest absolute Gasteiger partial charge is 0.490 e. The highest BCUT2D eigenvalue weighted by Crippen LogP contribution is 2.28. The maximum absolute atomic E-state index is 12.5. The first-order valence-corrected chi connectivity index (χ1v) is 11.3. The zero-order valence-electron chi connectivity index (χ0n) is 18.0. The van der Waals surface area contributed by atoms with Crippen LogP contribution in [0, 0.1) is 0 Å². The minimum Gasteiger partial charge on any atom is -0.490 e. The molecule has 7 nitrogen and oxygen atoms in total. The van der Waals surface area contributed by atoms with Gasteiger partial charge in [0.25, 0.3) is 5.56 Å². The smallest absolute Gasteiger partial charge is 0.261 e. The molecule has 0 bridgehead atoms. The summed E-state index contributed by atoms with van der Waals surface area (Å²) in [7, 11) is 1.67. The Morgan fingerprint density at radius 2 is 1.84 bits per heavy atom. The average molecular weight is 442 g/mol. The van der Waals surface area contributed by atoms with Crippen LogP contribution in [0.3, 0.4) is 0 Å². The highest BCUT2D eigenvalue weighted by atomic mass is 32.2. The molecule has 2 aromatic carbocycles. The Balaban J connectivity index is 1.54. The van der Waals surface area contributed by atoms with Crippen LogP contribution in [0.25, 0.3) is 10.9 Å². The van der Waals surface area contributed by atoms with Gasteiger partial charge in [-0.2, -0.15) is 0 Å². The molecule has 0 spiro atoms. The zero-order valence-corrected chi connectivity index (χ0v) is 18.8. The summed E-state index contributed by atoms with van der Waals surface area (Å²) in [6.45, 7) is 5.50. The molecule has 1 aromatic heterocycles. The molecule has 1 N–H and O–H groups in total. The number of carbonyl (C=O) groups is 1. The van der Waals surface area contributed by atoms with Gasteiger partial charge < -0.3 is 14.8 Å². The minimum atomic E-state index is -0.117. The molecule has 3 aromatic rings. The molecular weight excluding hydrogens is 414 g/mol. The first kappa shape index (κ1) is 22.7. The Kier molecular flexibility index (Phi) is 7.94. The summed E-state index contributed by atoms with van der Waals surface area (Å²) >= 11 is 1.25. The van der Waals surface area contributed by atoms with E-state index in [0.29, 0.717) is 48.0 Å². The molecule has 0 aliphatic heterocycles. The van der Waals surface area contributed by atoms with E-state index < -0.39 is 0 Å². The van der Waals surface area contributed by atoms with Crippen molar-refractivity contribution >= 4 is 28.6 Å². The maximum Gasteiger partial charge on any atom is 0.261 e. The number of thioether (sulfide) groups is 1. The second-order valence-electron chi connectivity index (χ2n) is 6.81. The quantitative estimate of drug-likeness (QED) is 0.384. The third-order valence-electron chi connectivity index (χ3n) is 4.62. The molecule has 0 aliphatic rings. The monoisotopic (exact) mass is 441 g/mol. The van der Waals surface area contributed by atoms with Crippen molar-refractivity contribution in [2.75, 3.05) is 25.5 Å². The molecule has 3 rings (SSSR count). The lowest BCUT2D eigenvalue weighted by Crippen LogP contribution is -2.28. The highest BCUT2D eigenvalue weighted by molar-refractivity contribution is 7.99. The Hall–Kier alpha value is -3.00. The Labute approximate surface area is 185 Å². The summed E-state index contributed by atoms with van der Waals surface area (Å²) in [5, 5.41) is 4.01. The predicted molar refractivity (Wildman–Crippen MR) is 123 cm³/mol. The van der Waals surface area contributed by atoms with Crippen LogP contribution in [0.2, 0.25) is 0 Å². The number of hydrogen-bond acceptors (Lipinski definition) is 6. The second kappa shape index (κ2) is 10.9. The molecule has 0 saturated carbocycles. The van der Waals surface area contributed by atoms with Gasteiger partial charge in [0, 0.05) is 13.6 Å². The summed E-state index contributed by atoms with van der Waals surface area (Å²) in [5.74, 6) is 1.52. The van der Waals surface area contributed by atoms with E-state index in [-0.39, 0.29) is 17.2 Å². The van der Waals surface area contributed by atoms with Gasteiger partial charge >= 0.3 is 0 Å². The molecule has 0 unspecified atom stereocenters. The molecular formula is C23H27N3O4S. The van der Waals surface area contributed by atoms with Crippen LogP contribution in [0.5, 0.6) is 11.5 Å². The van der Waals surface area contributed by atoms with E-state index in [4.69, 9.17) is 9.47 Å². The first-order chi connectivity index (χ1) is 15.0. The van der Waals surface area contributed by atoms with Gasteiger partial charge in [0.1, 0.15) is 0 Å². The van der Waals surface area contributed by atoms with Gasteiger partial charge in [-0.1, -0.05) is 30.0 Å². The van der Waals surface area contributed by atoms with Gasteiger partial charge in [-0.05, 0) is 50.1 Å². The molecule has 0 atom stereocenters. The van der Waals surface area contributed by atoms with Crippen molar-refractivity contribution in [3.63, 3.8) is 0 Å². The maximum atomic E-state index is 12.5. The summed E-state index contributed by atoms with van der Waals surface area (Å²) in [6, 6.07) is 13.0. The summed E-state index contributed by atoms with van der Waals surface area (Å²) in [5.41, 5.74) is 1.57. The average Bonchev–Trinajstić information content (AvgIpc) is 2.77. The van der Waals surface area contributed by atoms with E-state index in [0.717, 1.165) is 11.3 Å². The van der Waals surface area contributed by atoms with Crippen molar-refractivity contribution in [1.29, 1.82) is 0 Å². The van der Waals surface area contributed by atoms with Crippen LogP contribution in [-0.4, -0.2) is 41.0 Å². The van der Waals surface area contributed by atoms with Gasteiger partial charge in [0.15, 0.2) is 16.7 Å². The molecule has 0 fully saturated rings. The van der Waals surface area contributed by atoms with Crippen molar-refractivity contribution in [2.45, 2.75) is 25.4 Å². The van der Waals surface area contributed by atoms with Crippen molar-refractivity contribution < 1.29 is 14.3 Å². The topological polar surface area (TPSA) is 82.5 Å². The van der Waals surface area contributed by atoms with Crippen molar-refractivity contribution in [3.8, 4) is 11.5 Å². The van der Waals surface area contributed by atoms with Crippen molar-refractivity contribution in [3.05, 3.63) is 58.4 Å². The lowest BCUT2D eigenvalue weighted by atomic mass is 10.1. The summed E-state index contributed by atoms with van der Waals surface area (Å²) in [6.07, 6.45) is 0.676. The molecule has 0 radical (unpaired) electrons. The molecule has 1 amide bonds. The van der Waals surface area contributed by atoms with E-state index >= 15 is 0 Å². The predicted octanol–water partition coefficient (Wildman–Crippen LogP) is 3.18. The number of nitrogens with one attached hydrogen (secondary N) is 1. The number of nitrogens with zero attached hydrogens (tertiary/aromatic N) is 2. The van der Waals surface area contributed by atoms with E-state index in [1.807, 2.05) is 44.2 Å². The molecule has 0 saturated heterocycles. The van der Waals surface area contributed by atoms with Crippen LogP contribution < -0.4 is 20.3 Å². The lowest BCUT2D eigenvalue weighted by Gasteiger charge is -2.13. The van der Waals surface area contributed by atoms with Crippen LogP contribution in [0.1, 0.15) is 19.4 Å². The minimum absolute atomic E-state index is 0.108. The standard InChI is InChI=1S/C23H27N3O4S/c1-4-29-19-11-10-16(14-20(19)30-5-2)12-13-24-21(27)15-31-23-25-18-9-7-6-8-17(18)22(28)26(23)3/h6-11,14H,4-5,12-13,15H2,1-3H3,(H,24,27). The SMILES string of the molecule is CCOc1ccc(CCNC(=O)CSc2nc3ccccc3c(=O)n2C)cc1OCC. The number of para-hydroxylation sites is 1. The van der Waals surface area contributed by atoms with E-state index in [1.165, 1.54) is 16.3 Å². The van der Waals surface area contributed by atoms with E-state index in [9.17, 15) is 9.59 Å². The van der Waals surface area contributed by atoms with Crippen LogP contribution in [0.15, 0.2) is 52.4 Å². The third kappa shape index (κ3) is 5.79. The number of hydrogen-bond donors (Lipinski definition) is 1. The second-order valence-corrected chi connectivity index (χ2v) is 7.75. The van der Waals surface area contributed by atoms with Crippen LogP contribution >= 0.6 is 11.8 Å². The lowest BCUT2D eigenvalue weighted by molar-refractivity contribution is -0.118. The summed E-state index contributed by atoms with van der Waals surface area (Å²) in [4.78, 5) is 29.2. The number of benzene rings is 2. The third-order valence-corrected chi connectivity index (χ3v) is 5.65. The number of carbonyl (C=O) groups excluding carboxylic acids is 1. The molecule has 0 aliphatic carbocycles. The van der Waals surface area contributed by atoms with Crippen molar-refractivity contribution in [1.82, 2.24) is 14.9 Å². The molecule has 31 heavy (non-hydrogen) atoms. The molecule has 164 valence electrons. The first-order valence-electron chi connectivity index (χ1n) is 10.3. The van der Waals surface area contributed by atoms with E-state index in [2.05, 4.69) is 10.3 Å². The fourth-order valence-electron chi connectivity index (χ4n) is 3.11. The van der Waals surface area contributed by atoms with Gasteiger partial charge in [-0.15, -0.1) is 0 Å². The van der Waals surface area contributed by atoms with Gasteiger partial charge in [0.05, 0.1) is 29.9 Å². The summed E-state index contributed by atoms with van der Waals surface area (Å²) < 4.78 is 12.7. The molecule has 1 heterocycles. The van der Waals surface area contributed by atoms with Crippen molar-refractivity contribution in [2.24, 2.45) is 7.05 Å². The number of fused-ring (bicyclic) bond motifs is 1. The van der Waals surface area contributed by atoms with Gasteiger partial charge in [-0.3, -0.25) is 14.2 Å². The fourth-order valence-corrected chi connectivity index (χ4v) is 3.91. The number of amides is 1. The van der Waals surface area contributed by atoms with Crippen LogP contribution in [0.4, 0.5) is 0 Å². The number of rotatable bonds is 10. The fraction of sp³-hybridized carbons (Fsp3) is 0.348. The van der Waals surface area contributed by atoms with Gasteiger partial charge in [-0.25, -0.2) is 4.98 Å². The van der Waals surface area contributed by atoms with Crippen LogP contribution in [-0.2, 0) is 18.3 Å². The molecule has 8 heteroatoms. The Morgan fingerprint density at radius 1 is 1.10 bits per heavy atom. The Bertz CT molecular complexity index is 1110. The number of aromatic nitrogens is 2. The highest BCUT2D eigenvalue weighted by Gasteiger charge is 2.11. The zero-order chi connectivity index (χ0) is 22.2. The normalized spacial score (nSPS) is 10.8. The number of ether oxygens (including phenoxy) is 2. The van der Waals surface area contributed by atoms with Gasteiger partial charge in [0.2, 0.25) is 5.91 Å². The van der Waals surface area contributed by atoms with E-state index in [1.54, 1.807) is 19.2 Å². The Morgan fingerprint density at radius 3 is 2.61 bits per heavy atom.